The molecular formula is C11H14N2O. The van der Waals surface area contributed by atoms with Gasteiger partial charge in [-0.2, -0.15) is 0 Å². The van der Waals surface area contributed by atoms with E-state index in [4.69, 9.17) is 10.5 Å². The maximum absolute atomic E-state index is 5.94. The van der Waals surface area contributed by atoms with Crippen LogP contribution in [-0.2, 0) is 4.74 Å². The molecule has 0 amide bonds. The van der Waals surface area contributed by atoms with Crippen LogP contribution in [0.15, 0.2) is 30.3 Å². The molecule has 1 aromatic rings. The van der Waals surface area contributed by atoms with E-state index in [2.05, 4.69) is 5.32 Å². The van der Waals surface area contributed by atoms with Gasteiger partial charge >= 0.3 is 0 Å². The summed E-state index contributed by atoms with van der Waals surface area (Å²) in [5, 5.41) is 3.27. The summed E-state index contributed by atoms with van der Waals surface area (Å²) in [6, 6.07) is 7.92. The minimum absolute atomic E-state index is 0.502. The Kier molecular flexibility index (Phi) is 1.97. The number of anilines is 1. The molecule has 0 saturated carbocycles. The van der Waals surface area contributed by atoms with Crippen LogP contribution < -0.4 is 11.1 Å². The minimum atomic E-state index is -0.502. The van der Waals surface area contributed by atoms with E-state index in [0.29, 0.717) is 0 Å². The Morgan fingerprint density at radius 2 is 2.07 bits per heavy atom. The predicted octanol–water partition coefficient (Wildman–Crippen LogP) is 1.77. The molecule has 1 aliphatic heterocycles. The molecule has 1 aromatic carbocycles. The molecule has 1 aliphatic rings. The third kappa shape index (κ3) is 1.36. The van der Waals surface area contributed by atoms with Crippen LogP contribution in [0.3, 0.4) is 0 Å². The Balaban J connectivity index is 2.49. The first-order valence-electron chi connectivity index (χ1n) is 4.56. The highest BCUT2D eigenvalue weighted by atomic mass is 16.5. The van der Waals surface area contributed by atoms with Crippen molar-refractivity contribution in [2.45, 2.75) is 12.6 Å². The Hall–Kier alpha value is -1.48. The zero-order valence-corrected chi connectivity index (χ0v) is 8.37. The van der Waals surface area contributed by atoms with Crippen molar-refractivity contribution < 1.29 is 4.74 Å². The van der Waals surface area contributed by atoms with Gasteiger partial charge in [-0.3, -0.25) is 0 Å². The SMILES string of the molecule is COC1(C)C=C(N)c2ccccc2N1. The summed E-state index contributed by atoms with van der Waals surface area (Å²) in [5.74, 6) is 0. The second-order valence-electron chi connectivity index (χ2n) is 3.58. The van der Waals surface area contributed by atoms with Gasteiger partial charge in [-0.15, -0.1) is 0 Å². The van der Waals surface area contributed by atoms with Gasteiger partial charge in [0.2, 0.25) is 0 Å². The highest BCUT2D eigenvalue weighted by Gasteiger charge is 2.26. The smallest absolute Gasteiger partial charge is 0.157 e. The molecular weight excluding hydrogens is 176 g/mol. The average Bonchev–Trinajstić information content (AvgIpc) is 2.18. The number of hydrogen-bond donors (Lipinski definition) is 2. The van der Waals surface area contributed by atoms with Crippen molar-refractivity contribution in [1.29, 1.82) is 0 Å². The Morgan fingerprint density at radius 1 is 1.36 bits per heavy atom. The second-order valence-corrected chi connectivity index (χ2v) is 3.58. The second kappa shape index (κ2) is 3.03. The summed E-state index contributed by atoms with van der Waals surface area (Å²) in [7, 11) is 1.66. The number of para-hydroxylation sites is 1. The first-order valence-corrected chi connectivity index (χ1v) is 4.56. The first-order chi connectivity index (χ1) is 6.64. The molecule has 3 heteroatoms. The molecule has 14 heavy (non-hydrogen) atoms. The van der Waals surface area contributed by atoms with Gasteiger partial charge in [0, 0.05) is 24.1 Å². The number of methoxy groups -OCH3 is 1. The molecule has 0 bridgehead atoms. The summed E-state index contributed by atoms with van der Waals surface area (Å²) in [6.07, 6.45) is 1.88. The van der Waals surface area contributed by atoms with E-state index >= 15 is 0 Å². The van der Waals surface area contributed by atoms with Crippen molar-refractivity contribution in [2.24, 2.45) is 5.73 Å². The lowest BCUT2D eigenvalue weighted by atomic mass is 10.0. The Morgan fingerprint density at radius 3 is 2.79 bits per heavy atom. The normalized spacial score (nSPS) is 24.9. The number of benzene rings is 1. The molecule has 1 atom stereocenters. The average molecular weight is 190 g/mol. The van der Waals surface area contributed by atoms with E-state index in [1.807, 2.05) is 37.3 Å². The standard InChI is InChI=1S/C11H14N2O/c1-11(14-2)7-9(12)8-5-3-4-6-10(8)13-11/h3-7,13H,12H2,1-2H3. The van der Waals surface area contributed by atoms with E-state index in [0.717, 1.165) is 16.9 Å². The Labute approximate surface area is 83.6 Å². The van der Waals surface area contributed by atoms with Crippen molar-refractivity contribution in [1.82, 2.24) is 0 Å². The summed E-state index contributed by atoms with van der Waals surface area (Å²) in [4.78, 5) is 0. The van der Waals surface area contributed by atoms with Gasteiger partial charge in [-0.1, -0.05) is 18.2 Å². The lowest BCUT2D eigenvalue weighted by molar-refractivity contribution is 0.0731. The van der Waals surface area contributed by atoms with Crippen molar-refractivity contribution in [2.75, 3.05) is 12.4 Å². The molecule has 0 fully saturated rings. The minimum Gasteiger partial charge on any atom is -0.398 e. The van der Waals surface area contributed by atoms with E-state index in [9.17, 15) is 0 Å². The summed E-state index contributed by atoms with van der Waals surface area (Å²) < 4.78 is 5.34. The third-order valence-electron chi connectivity index (χ3n) is 2.48. The number of rotatable bonds is 1. The molecule has 0 radical (unpaired) electrons. The quantitative estimate of drug-likeness (QED) is 0.709. The van der Waals surface area contributed by atoms with E-state index in [1.165, 1.54) is 0 Å². The molecule has 0 saturated heterocycles. The predicted molar refractivity (Wildman–Crippen MR) is 57.6 cm³/mol. The van der Waals surface area contributed by atoms with Crippen molar-refractivity contribution in [3.8, 4) is 0 Å². The third-order valence-corrected chi connectivity index (χ3v) is 2.48. The molecule has 0 spiro atoms. The molecule has 1 heterocycles. The fourth-order valence-corrected chi connectivity index (χ4v) is 1.63. The number of hydrogen-bond acceptors (Lipinski definition) is 3. The summed E-state index contributed by atoms with van der Waals surface area (Å²) in [5.41, 5.74) is 8.23. The number of fused-ring (bicyclic) bond motifs is 1. The summed E-state index contributed by atoms with van der Waals surface area (Å²) >= 11 is 0. The van der Waals surface area contributed by atoms with Gasteiger partial charge in [0.15, 0.2) is 5.72 Å². The van der Waals surface area contributed by atoms with Gasteiger partial charge in [0.25, 0.3) is 0 Å². The van der Waals surface area contributed by atoms with Crippen molar-refractivity contribution >= 4 is 11.4 Å². The van der Waals surface area contributed by atoms with Gasteiger partial charge in [0.05, 0.1) is 0 Å². The highest BCUT2D eigenvalue weighted by molar-refractivity contribution is 5.78. The lowest BCUT2D eigenvalue weighted by Gasteiger charge is -2.32. The van der Waals surface area contributed by atoms with Crippen LogP contribution in [0.4, 0.5) is 5.69 Å². The molecule has 0 aliphatic carbocycles. The van der Waals surface area contributed by atoms with E-state index < -0.39 is 5.72 Å². The highest BCUT2D eigenvalue weighted by Crippen LogP contribution is 2.31. The van der Waals surface area contributed by atoms with Gasteiger partial charge in [-0.05, 0) is 19.1 Å². The topological polar surface area (TPSA) is 47.3 Å². The van der Waals surface area contributed by atoms with Crippen LogP contribution >= 0.6 is 0 Å². The fraction of sp³-hybridized carbons (Fsp3) is 0.273. The number of nitrogens with two attached hydrogens (primary N) is 1. The van der Waals surface area contributed by atoms with Crippen LogP contribution in [0.1, 0.15) is 12.5 Å². The monoisotopic (exact) mass is 190 g/mol. The molecule has 1 unspecified atom stereocenters. The van der Waals surface area contributed by atoms with Crippen molar-refractivity contribution in [3.63, 3.8) is 0 Å². The number of nitrogens with one attached hydrogen (secondary N) is 1. The van der Waals surface area contributed by atoms with E-state index in [1.54, 1.807) is 7.11 Å². The maximum atomic E-state index is 5.94. The lowest BCUT2D eigenvalue weighted by Crippen LogP contribution is -2.38. The fourth-order valence-electron chi connectivity index (χ4n) is 1.63. The molecule has 3 nitrogen and oxygen atoms in total. The van der Waals surface area contributed by atoms with Crippen LogP contribution in [0, 0.1) is 0 Å². The zero-order chi connectivity index (χ0) is 10.2. The van der Waals surface area contributed by atoms with Gasteiger partial charge in [0.1, 0.15) is 0 Å². The Bertz CT molecular complexity index is 387. The van der Waals surface area contributed by atoms with Gasteiger partial charge < -0.3 is 15.8 Å². The maximum Gasteiger partial charge on any atom is 0.157 e. The zero-order valence-electron chi connectivity index (χ0n) is 8.37. The molecule has 2 rings (SSSR count). The van der Waals surface area contributed by atoms with Crippen LogP contribution in [-0.4, -0.2) is 12.8 Å². The molecule has 3 N–H and O–H groups in total. The largest absolute Gasteiger partial charge is 0.398 e. The van der Waals surface area contributed by atoms with Gasteiger partial charge in [-0.25, -0.2) is 0 Å². The first kappa shape index (κ1) is 9.09. The van der Waals surface area contributed by atoms with Crippen LogP contribution in [0.2, 0.25) is 0 Å². The van der Waals surface area contributed by atoms with Crippen LogP contribution in [0.25, 0.3) is 5.70 Å². The molecule has 0 aromatic heterocycles. The molecule has 74 valence electrons. The summed E-state index contributed by atoms with van der Waals surface area (Å²) in [6.45, 7) is 1.94. The number of ether oxygens (including phenoxy) is 1. The van der Waals surface area contributed by atoms with Crippen LogP contribution in [0.5, 0.6) is 0 Å². The van der Waals surface area contributed by atoms with Crippen molar-refractivity contribution in [3.05, 3.63) is 35.9 Å². The van der Waals surface area contributed by atoms with E-state index in [-0.39, 0.29) is 0 Å².